The van der Waals surface area contributed by atoms with Gasteiger partial charge in [0, 0.05) is 0 Å². The van der Waals surface area contributed by atoms with E-state index in [4.69, 9.17) is 13.7 Å². The summed E-state index contributed by atoms with van der Waals surface area (Å²) in [7, 11) is -0.600. The predicted octanol–water partition coefficient (Wildman–Crippen LogP) is 2.87. The van der Waals surface area contributed by atoms with Gasteiger partial charge in [-0.25, -0.2) is 4.39 Å². The molecular weight excluding hydrogens is 246 g/mol. The average molecular weight is 262 g/mol. The fourth-order valence-electron chi connectivity index (χ4n) is 2.12. The highest BCUT2D eigenvalue weighted by Gasteiger charge is 2.53. The summed E-state index contributed by atoms with van der Waals surface area (Å²) < 4.78 is 31.0. The Labute approximate surface area is 111 Å². The molecule has 1 fully saturated rings. The van der Waals surface area contributed by atoms with Crippen LogP contribution in [0, 0.1) is 5.82 Å². The van der Waals surface area contributed by atoms with Crippen LogP contribution in [0.5, 0.6) is 0 Å². The van der Waals surface area contributed by atoms with E-state index in [1.807, 2.05) is 27.7 Å². The lowest BCUT2D eigenvalue weighted by Gasteiger charge is -2.32. The SMILES string of the molecule is CC1(C)OB(c2cc3c(F)cccc3o2)OC1(C)C. The molecule has 2 aromatic rings. The van der Waals surface area contributed by atoms with Crippen molar-refractivity contribution in [3.8, 4) is 0 Å². The number of halogens is 1. The van der Waals surface area contributed by atoms with Gasteiger partial charge in [-0.2, -0.15) is 0 Å². The summed E-state index contributed by atoms with van der Waals surface area (Å²) in [5.74, 6) is -0.302. The van der Waals surface area contributed by atoms with Crippen LogP contribution in [0.3, 0.4) is 0 Å². The van der Waals surface area contributed by atoms with E-state index in [0.29, 0.717) is 16.6 Å². The van der Waals surface area contributed by atoms with E-state index in [1.54, 1.807) is 18.2 Å². The zero-order chi connectivity index (χ0) is 13.8. The molecule has 2 heterocycles. The number of rotatable bonds is 1. The highest BCUT2D eigenvalue weighted by molar-refractivity contribution is 6.61. The lowest BCUT2D eigenvalue weighted by atomic mass is 9.86. The van der Waals surface area contributed by atoms with Gasteiger partial charge in [0.1, 0.15) is 17.1 Å². The van der Waals surface area contributed by atoms with E-state index in [1.165, 1.54) is 6.07 Å². The molecule has 0 aliphatic carbocycles. The third kappa shape index (κ3) is 1.88. The molecule has 1 aliphatic heterocycles. The minimum absolute atomic E-state index is 0.302. The van der Waals surface area contributed by atoms with Gasteiger partial charge in [0.2, 0.25) is 0 Å². The first-order valence-electron chi connectivity index (χ1n) is 6.34. The van der Waals surface area contributed by atoms with Gasteiger partial charge in [-0.15, -0.1) is 0 Å². The first kappa shape index (κ1) is 12.7. The van der Waals surface area contributed by atoms with E-state index in [9.17, 15) is 4.39 Å². The van der Waals surface area contributed by atoms with Crippen LogP contribution in [0.25, 0.3) is 11.0 Å². The lowest BCUT2D eigenvalue weighted by Crippen LogP contribution is -2.41. The molecule has 0 unspecified atom stereocenters. The molecule has 0 spiro atoms. The fourth-order valence-corrected chi connectivity index (χ4v) is 2.12. The minimum Gasteiger partial charge on any atom is -0.465 e. The largest absolute Gasteiger partial charge is 0.532 e. The standard InChI is InChI=1S/C14H16BFO3/c1-13(2)14(3,4)19-15(18-13)12-8-9-10(16)6-5-7-11(9)17-12/h5-8H,1-4H3. The minimum atomic E-state index is -0.600. The highest BCUT2D eigenvalue weighted by atomic mass is 19.1. The molecule has 0 bridgehead atoms. The Morgan fingerprint density at radius 2 is 1.68 bits per heavy atom. The van der Waals surface area contributed by atoms with E-state index in [-0.39, 0.29) is 5.82 Å². The molecule has 1 aromatic carbocycles. The van der Waals surface area contributed by atoms with E-state index in [2.05, 4.69) is 0 Å². The Hall–Kier alpha value is -1.33. The molecule has 0 amide bonds. The maximum atomic E-state index is 13.6. The van der Waals surface area contributed by atoms with Crippen molar-refractivity contribution in [2.24, 2.45) is 0 Å². The molecule has 1 saturated heterocycles. The van der Waals surface area contributed by atoms with Gasteiger partial charge in [-0.1, -0.05) is 6.07 Å². The highest BCUT2D eigenvalue weighted by Crippen LogP contribution is 2.36. The van der Waals surface area contributed by atoms with Crippen molar-refractivity contribution < 1.29 is 18.1 Å². The summed E-state index contributed by atoms with van der Waals surface area (Å²) >= 11 is 0. The maximum Gasteiger partial charge on any atom is 0.532 e. The molecule has 100 valence electrons. The third-order valence-corrected chi connectivity index (χ3v) is 4.01. The van der Waals surface area contributed by atoms with Crippen molar-refractivity contribution in [2.45, 2.75) is 38.9 Å². The molecule has 0 radical (unpaired) electrons. The predicted molar refractivity (Wildman–Crippen MR) is 71.9 cm³/mol. The molecule has 3 rings (SSSR count). The van der Waals surface area contributed by atoms with Crippen LogP contribution in [0.2, 0.25) is 0 Å². The number of hydrogen-bond acceptors (Lipinski definition) is 3. The Balaban J connectivity index is 2.01. The van der Waals surface area contributed by atoms with Gasteiger partial charge in [0.15, 0.2) is 0 Å². The molecular formula is C14H16BFO3. The van der Waals surface area contributed by atoms with Gasteiger partial charge in [-0.05, 0) is 45.9 Å². The summed E-state index contributed by atoms with van der Waals surface area (Å²) in [6, 6.07) is 6.40. The maximum absolute atomic E-state index is 13.6. The Bertz CT molecular complexity index is 617. The van der Waals surface area contributed by atoms with Crippen molar-refractivity contribution in [2.75, 3.05) is 0 Å². The Morgan fingerprint density at radius 3 is 2.26 bits per heavy atom. The Kier molecular flexibility index (Phi) is 2.56. The van der Waals surface area contributed by atoms with Crippen LogP contribution < -0.4 is 5.66 Å². The molecule has 0 N–H and O–H groups in total. The Morgan fingerprint density at radius 1 is 1.05 bits per heavy atom. The van der Waals surface area contributed by atoms with E-state index < -0.39 is 18.3 Å². The third-order valence-electron chi connectivity index (χ3n) is 4.01. The summed E-state index contributed by atoms with van der Waals surface area (Å²) in [5.41, 5.74) is 0.133. The molecule has 3 nitrogen and oxygen atoms in total. The molecule has 19 heavy (non-hydrogen) atoms. The van der Waals surface area contributed by atoms with Gasteiger partial charge in [0.05, 0.1) is 16.6 Å². The van der Waals surface area contributed by atoms with Crippen molar-refractivity contribution in [1.82, 2.24) is 0 Å². The smallest absolute Gasteiger partial charge is 0.465 e. The normalized spacial score (nSPS) is 21.2. The summed E-state index contributed by atoms with van der Waals surface area (Å²) in [6.45, 7) is 7.87. The second-order valence-corrected chi connectivity index (χ2v) is 5.89. The van der Waals surface area contributed by atoms with Gasteiger partial charge >= 0.3 is 7.12 Å². The summed E-state index contributed by atoms with van der Waals surface area (Å²) in [4.78, 5) is 0. The molecule has 0 atom stereocenters. The van der Waals surface area contributed by atoms with Crippen molar-refractivity contribution in [3.63, 3.8) is 0 Å². The average Bonchev–Trinajstić information content (AvgIpc) is 2.80. The topological polar surface area (TPSA) is 31.6 Å². The van der Waals surface area contributed by atoms with Crippen LogP contribution in [0.15, 0.2) is 28.7 Å². The summed E-state index contributed by atoms with van der Waals surface area (Å²) in [5, 5.41) is 0.451. The van der Waals surface area contributed by atoms with Gasteiger partial charge in [-0.3, -0.25) is 0 Å². The number of hydrogen-bond donors (Lipinski definition) is 0. The first-order chi connectivity index (χ1) is 8.80. The number of furan rings is 1. The second kappa shape index (κ2) is 3.84. The van der Waals surface area contributed by atoms with Crippen molar-refractivity contribution >= 4 is 23.7 Å². The van der Waals surface area contributed by atoms with E-state index in [0.717, 1.165) is 0 Å². The van der Waals surface area contributed by atoms with Crippen LogP contribution in [-0.2, 0) is 9.31 Å². The molecule has 1 aromatic heterocycles. The molecule has 5 heteroatoms. The van der Waals surface area contributed by atoms with Crippen molar-refractivity contribution in [3.05, 3.63) is 30.1 Å². The second-order valence-electron chi connectivity index (χ2n) is 5.89. The van der Waals surface area contributed by atoms with Crippen LogP contribution in [-0.4, -0.2) is 18.3 Å². The van der Waals surface area contributed by atoms with Crippen LogP contribution >= 0.6 is 0 Å². The number of fused-ring (bicyclic) bond motifs is 1. The van der Waals surface area contributed by atoms with Gasteiger partial charge < -0.3 is 13.7 Å². The number of benzene rings is 1. The molecule has 1 aliphatic rings. The van der Waals surface area contributed by atoms with Crippen LogP contribution in [0.4, 0.5) is 4.39 Å². The summed E-state index contributed by atoms with van der Waals surface area (Å²) in [6.07, 6.45) is 0. The zero-order valence-corrected chi connectivity index (χ0v) is 11.5. The van der Waals surface area contributed by atoms with Gasteiger partial charge in [0.25, 0.3) is 0 Å². The zero-order valence-electron chi connectivity index (χ0n) is 11.5. The van der Waals surface area contributed by atoms with E-state index >= 15 is 0 Å². The first-order valence-corrected chi connectivity index (χ1v) is 6.34. The monoisotopic (exact) mass is 262 g/mol. The van der Waals surface area contributed by atoms with Crippen LogP contribution in [0.1, 0.15) is 27.7 Å². The lowest BCUT2D eigenvalue weighted by molar-refractivity contribution is 0.00578. The molecule has 0 saturated carbocycles. The van der Waals surface area contributed by atoms with Crippen molar-refractivity contribution in [1.29, 1.82) is 0 Å². The fraction of sp³-hybridized carbons (Fsp3) is 0.429. The quantitative estimate of drug-likeness (QED) is 0.740.